The Morgan fingerprint density at radius 1 is 1.36 bits per heavy atom. The Balaban J connectivity index is 2.59. The fourth-order valence-electron chi connectivity index (χ4n) is 1.32. The first-order valence-corrected chi connectivity index (χ1v) is 4.84. The van der Waals surface area contributed by atoms with Gasteiger partial charge in [-0.1, -0.05) is 13.3 Å². The zero-order valence-electron chi connectivity index (χ0n) is 8.58. The minimum atomic E-state index is -0.257. The van der Waals surface area contributed by atoms with Crippen LogP contribution in [-0.2, 0) is 14.3 Å². The van der Waals surface area contributed by atoms with Crippen molar-refractivity contribution in [2.75, 3.05) is 13.3 Å². The highest BCUT2D eigenvalue weighted by Gasteiger charge is 2.29. The molecule has 0 radical (unpaired) electrons. The lowest BCUT2D eigenvalue weighted by molar-refractivity contribution is -0.143. The van der Waals surface area contributed by atoms with E-state index in [1.54, 1.807) is 0 Å². The summed E-state index contributed by atoms with van der Waals surface area (Å²) in [4.78, 5) is 24.0. The number of hydrogen-bond acceptors (Lipinski definition) is 3. The summed E-state index contributed by atoms with van der Waals surface area (Å²) in [7, 11) is 0. The van der Waals surface area contributed by atoms with Crippen molar-refractivity contribution in [3.63, 3.8) is 0 Å². The largest absolute Gasteiger partial charge is 0.361 e. The molecule has 2 amide bonds. The summed E-state index contributed by atoms with van der Waals surface area (Å²) in [6.45, 7) is 4.37. The van der Waals surface area contributed by atoms with Crippen LogP contribution in [0.4, 0.5) is 0 Å². The molecule has 14 heavy (non-hydrogen) atoms. The summed E-state index contributed by atoms with van der Waals surface area (Å²) in [5.74, 6) is -0.461. The predicted octanol–water partition coefficient (Wildman–Crippen LogP) is 1.08. The van der Waals surface area contributed by atoms with Crippen molar-refractivity contribution in [2.24, 2.45) is 0 Å². The Morgan fingerprint density at radius 2 is 2.07 bits per heavy atom. The lowest BCUT2D eigenvalue weighted by Crippen LogP contribution is -2.33. The quantitative estimate of drug-likeness (QED) is 0.619. The maximum absolute atomic E-state index is 11.6. The van der Waals surface area contributed by atoms with E-state index in [0.29, 0.717) is 18.6 Å². The predicted molar refractivity (Wildman–Crippen MR) is 51.3 cm³/mol. The van der Waals surface area contributed by atoms with Gasteiger partial charge < -0.3 is 4.74 Å². The standard InChI is InChI=1S/C10H15NO3/c1-3-5-8-6-9(12)11(10(8)13)7-14-4-2/h6H,3-5,7H2,1-2H3. The second kappa shape index (κ2) is 4.91. The number of rotatable bonds is 5. The zero-order chi connectivity index (χ0) is 10.6. The smallest absolute Gasteiger partial charge is 0.258 e. The van der Waals surface area contributed by atoms with Crippen molar-refractivity contribution in [3.05, 3.63) is 11.6 Å². The fraction of sp³-hybridized carbons (Fsp3) is 0.600. The highest BCUT2D eigenvalue weighted by Crippen LogP contribution is 2.16. The Hall–Kier alpha value is -1.16. The van der Waals surface area contributed by atoms with Gasteiger partial charge in [-0.2, -0.15) is 0 Å². The van der Waals surface area contributed by atoms with Gasteiger partial charge >= 0.3 is 0 Å². The molecule has 0 N–H and O–H groups in total. The van der Waals surface area contributed by atoms with Crippen LogP contribution in [-0.4, -0.2) is 30.1 Å². The van der Waals surface area contributed by atoms with E-state index >= 15 is 0 Å². The monoisotopic (exact) mass is 197 g/mol. The molecule has 0 unspecified atom stereocenters. The van der Waals surface area contributed by atoms with Crippen LogP contribution in [0.25, 0.3) is 0 Å². The van der Waals surface area contributed by atoms with E-state index in [4.69, 9.17) is 4.74 Å². The van der Waals surface area contributed by atoms with Gasteiger partial charge in [0.2, 0.25) is 0 Å². The van der Waals surface area contributed by atoms with E-state index in [-0.39, 0.29) is 18.5 Å². The Kier molecular flexibility index (Phi) is 3.83. The zero-order valence-corrected chi connectivity index (χ0v) is 8.58. The Bertz CT molecular complexity index is 271. The van der Waals surface area contributed by atoms with Crippen LogP contribution >= 0.6 is 0 Å². The van der Waals surface area contributed by atoms with E-state index in [1.807, 2.05) is 13.8 Å². The minimum Gasteiger partial charge on any atom is -0.361 e. The summed E-state index contributed by atoms with van der Waals surface area (Å²) in [6.07, 6.45) is 2.94. The summed E-state index contributed by atoms with van der Waals surface area (Å²) in [5, 5.41) is 0. The molecule has 4 nitrogen and oxygen atoms in total. The van der Waals surface area contributed by atoms with E-state index in [9.17, 15) is 9.59 Å². The van der Waals surface area contributed by atoms with Crippen molar-refractivity contribution in [2.45, 2.75) is 26.7 Å². The lowest BCUT2D eigenvalue weighted by Gasteiger charge is -2.13. The van der Waals surface area contributed by atoms with Crippen molar-refractivity contribution in [3.8, 4) is 0 Å². The molecule has 0 bridgehead atoms. The Morgan fingerprint density at radius 3 is 2.64 bits per heavy atom. The molecule has 4 heteroatoms. The topological polar surface area (TPSA) is 46.6 Å². The third-order valence-corrected chi connectivity index (χ3v) is 2.03. The molecular weight excluding hydrogens is 182 g/mol. The molecule has 1 rings (SSSR count). The normalized spacial score (nSPS) is 16.4. The van der Waals surface area contributed by atoms with E-state index in [2.05, 4.69) is 0 Å². The Labute approximate surface area is 83.5 Å². The first-order valence-electron chi connectivity index (χ1n) is 4.84. The van der Waals surface area contributed by atoms with Gasteiger partial charge in [-0.25, -0.2) is 0 Å². The molecule has 1 aliphatic heterocycles. The molecule has 0 fully saturated rings. The highest BCUT2D eigenvalue weighted by atomic mass is 16.5. The minimum absolute atomic E-state index is 0.0673. The number of ether oxygens (including phenoxy) is 1. The number of amides is 2. The summed E-state index contributed by atoms with van der Waals surface area (Å²) < 4.78 is 5.04. The maximum Gasteiger partial charge on any atom is 0.258 e. The highest BCUT2D eigenvalue weighted by molar-refractivity contribution is 6.16. The molecule has 0 aromatic heterocycles. The van der Waals surface area contributed by atoms with Crippen LogP contribution < -0.4 is 0 Å². The molecular formula is C10H15NO3. The molecule has 0 aliphatic carbocycles. The summed E-state index contributed by atoms with van der Waals surface area (Å²) in [6, 6.07) is 0. The number of hydrogen-bond donors (Lipinski definition) is 0. The lowest BCUT2D eigenvalue weighted by atomic mass is 10.1. The van der Waals surface area contributed by atoms with Crippen LogP contribution in [0.2, 0.25) is 0 Å². The summed E-state index contributed by atoms with van der Waals surface area (Å²) in [5.41, 5.74) is 0.595. The molecule has 78 valence electrons. The van der Waals surface area contributed by atoms with Crippen molar-refractivity contribution < 1.29 is 14.3 Å². The van der Waals surface area contributed by atoms with E-state index in [0.717, 1.165) is 11.3 Å². The average Bonchev–Trinajstić information content (AvgIpc) is 2.41. The fourth-order valence-corrected chi connectivity index (χ4v) is 1.32. The van der Waals surface area contributed by atoms with E-state index in [1.165, 1.54) is 6.08 Å². The van der Waals surface area contributed by atoms with Gasteiger partial charge in [-0.3, -0.25) is 14.5 Å². The van der Waals surface area contributed by atoms with Crippen molar-refractivity contribution in [1.29, 1.82) is 0 Å². The van der Waals surface area contributed by atoms with Crippen molar-refractivity contribution >= 4 is 11.8 Å². The van der Waals surface area contributed by atoms with Gasteiger partial charge in [-0.15, -0.1) is 0 Å². The molecule has 0 atom stereocenters. The van der Waals surface area contributed by atoms with Gasteiger partial charge in [0.25, 0.3) is 11.8 Å². The van der Waals surface area contributed by atoms with Crippen LogP contribution in [0.5, 0.6) is 0 Å². The van der Waals surface area contributed by atoms with E-state index < -0.39 is 0 Å². The van der Waals surface area contributed by atoms with Crippen LogP contribution in [0, 0.1) is 0 Å². The molecule has 0 saturated carbocycles. The first kappa shape index (κ1) is 10.9. The van der Waals surface area contributed by atoms with Gasteiger partial charge in [-0.05, 0) is 13.3 Å². The molecule has 1 heterocycles. The number of carbonyl (C=O) groups excluding carboxylic acids is 2. The van der Waals surface area contributed by atoms with Crippen LogP contribution in [0.3, 0.4) is 0 Å². The molecule has 0 spiro atoms. The second-order valence-electron chi connectivity index (χ2n) is 3.11. The SMILES string of the molecule is CCCC1=CC(=O)N(COCC)C1=O. The molecule has 0 aromatic rings. The third kappa shape index (κ3) is 2.20. The number of nitrogens with zero attached hydrogens (tertiary/aromatic N) is 1. The van der Waals surface area contributed by atoms with Gasteiger partial charge in [0.15, 0.2) is 0 Å². The van der Waals surface area contributed by atoms with Crippen LogP contribution in [0.15, 0.2) is 11.6 Å². The van der Waals surface area contributed by atoms with Crippen molar-refractivity contribution in [1.82, 2.24) is 4.90 Å². The molecule has 1 aliphatic rings. The average molecular weight is 197 g/mol. The number of carbonyl (C=O) groups is 2. The van der Waals surface area contributed by atoms with Gasteiger partial charge in [0.1, 0.15) is 6.73 Å². The van der Waals surface area contributed by atoms with Crippen LogP contribution in [0.1, 0.15) is 26.7 Å². The third-order valence-electron chi connectivity index (χ3n) is 2.03. The molecule has 0 saturated heterocycles. The first-order chi connectivity index (χ1) is 6.70. The maximum atomic E-state index is 11.6. The molecule has 0 aromatic carbocycles. The van der Waals surface area contributed by atoms with Gasteiger partial charge in [0.05, 0.1) is 0 Å². The summed E-state index contributed by atoms with van der Waals surface area (Å²) >= 11 is 0. The number of imide groups is 1. The van der Waals surface area contributed by atoms with Gasteiger partial charge in [0, 0.05) is 18.3 Å². The second-order valence-corrected chi connectivity index (χ2v) is 3.11.